The molecule has 3 aliphatic heterocycles. The number of rotatable bonds is 6. The lowest BCUT2D eigenvalue weighted by molar-refractivity contribution is -0.131. The molecule has 0 spiro atoms. The molecule has 4 heterocycles. The zero-order valence-electron chi connectivity index (χ0n) is 19.6. The summed E-state index contributed by atoms with van der Waals surface area (Å²) in [5, 5.41) is 3.13. The largest absolute Gasteiger partial charge is 0.486 e. The average molecular weight is 528 g/mol. The molecular formula is C24H25N5O5S2. The molecule has 6 rings (SSSR count). The monoisotopic (exact) mass is 527 g/mol. The molecule has 188 valence electrons. The van der Waals surface area contributed by atoms with Gasteiger partial charge in [0.05, 0.1) is 22.5 Å². The van der Waals surface area contributed by atoms with Crippen LogP contribution >= 0.6 is 11.7 Å². The van der Waals surface area contributed by atoms with Gasteiger partial charge in [0.2, 0.25) is 15.9 Å². The van der Waals surface area contributed by atoms with Crippen molar-refractivity contribution in [2.75, 3.05) is 53.0 Å². The van der Waals surface area contributed by atoms with Gasteiger partial charge in [0.15, 0.2) is 11.5 Å². The number of ether oxygens (including phenoxy) is 2. The number of likely N-dealkylation sites (N-methyl/N-ethyl adjacent to an activating group) is 1. The van der Waals surface area contributed by atoms with Gasteiger partial charge in [-0.25, -0.2) is 8.42 Å². The number of nitrogens with one attached hydrogen (secondary N) is 1. The Morgan fingerprint density at radius 2 is 1.81 bits per heavy atom. The Morgan fingerprint density at radius 1 is 1.06 bits per heavy atom. The summed E-state index contributed by atoms with van der Waals surface area (Å²) in [5.74, 6) is 0.594. The molecule has 3 aromatic rings. The van der Waals surface area contributed by atoms with E-state index in [1.807, 2.05) is 30.1 Å². The van der Waals surface area contributed by atoms with Gasteiger partial charge in [0, 0.05) is 38.8 Å². The molecule has 3 aliphatic rings. The number of benzene rings is 2. The lowest BCUT2D eigenvalue weighted by Gasteiger charge is -2.27. The predicted octanol–water partition coefficient (Wildman–Crippen LogP) is 1.61. The number of fused-ring (bicyclic) bond motifs is 2. The average Bonchev–Trinajstić information content (AvgIpc) is 3.62. The number of amides is 1. The van der Waals surface area contributed by atoms with Gasteiger partial charge >= 0.3 is 0 Å². The van der Waals surface area contributed by atoms with Crippen LogP contribution < -0.4 is 14.8 Å². The molecule has 1 unspecified atom stereocenters. The van der Waals surface area contributed by atoms with Crippen molar-refractivity contribution in [1.82, 2.24) is 23.3 Å². The van der Waals surface area contributed by atoms with Crippen molar-refractivity contribution in [2.24, 2.45) is 0 Å². The summed E-state index contributed by atoms with van der Waals surface area (Å²) in [5.41, 5.74) is 4.37. The predicted molar refractivity (Wildman–Crippen MR) is 134 cm³/mol. The van der Waals surface area contributed by atoms with Crippen LogP contribution in [0.2, 0.25) is 0 Å². The Kier molecular flexibility index (Phi) is 5.91. The molecule has 0 saturated carbocycles. The normalized spacial score (nSPS) is 18.6. The summed E-state index contributed by atoms with van der Waals surface area (Å²) in [4.78, 5) is 15.6. The van der Waals surface area contributed by atoms with Gasteiger partial charge in [-0.15, -0.1) is 0 Å². The number of hydrogen-bond donors (Lipinski definition) is 1. The van der Waals surface area contributed by atoms with Crippen molar-refractivity contribution in [3.05, 3.63) is 53.1 Å². The molecule has 1 aromatic heterocycles. The van der Waals surface area contributed by atoms with Gasteiger partial charge in [-0.05, 0) is 42.0 Å². The molecule has 0 bridgehead atoms. The zero-order valence-corrected chi connectivity index (χ0v) is 21.3. The smallest absolute Gasteiger partial charge is 0.243 e. The van der Waals surface area contributed by atoms with Crippen molar-refractivity contribution in [2.45, 2.75) is 10.8 Å². The fraction of sp³-hybridized carbons (Fsp3) is 0.375. The van der Waals surface area contributed by atoms with Crippen molar-refractivity contribution >= 4 is 38.7 Å². The Morgan fingerprint density at radius 3 is 2.56 bits per heavy atom. The quantitative estimate of drug-likeness (QED) is 0.481. The SMILES string of the molecule is CNCC(C(=O)N1CC2=C(C1)CN(S(=O)(=O)c1ccc3c(c1)OCCO3)C2)c1cccc2nsnc12. The van der Waals surface area contributed by atoms with E-state index in [2.05, 4.69) is 14.1 Å². The number of aromatic nitrogens is 2. The third kappa shape index (κ3) is 3.94. The van der Waals surface area contributed by atoms with E-state index in [0.29, 0.717) is 44.3 Å². The lowest BCUT2D eigenvalue weighted by atomic mass is 9.96. The van der Waals surface area contributed by atoms with Crippen LogP contribution in [0.3, 0.4) is 0 Å². The minimum Gasteiger partial charge on any atom is -0.486 e. The molecular weight excluding hydrogens is 502 g/mol. The van der Waals surface area contributed by atoms with Gasteiger partial charge in [-0.3, -0.25) is 4.79 Å². The molecule has 36 heavy (non-hydrogen) atoms. The van der Waals surface area contributed by atoms with Gasteiger partial charge in [-0.2, -0.15) is 13.1 Å². The van der Waals surface area contributed by atoms with Crippen molar-refractivity contribution in [1.29, 1.82) is 0 Å². The van der Waals surface area contributed by atoms with Crippen LogP contribution in [0.25, 0.3) is 11.0 Å². The van der Waals surface area contributed by atoms with Crippen LogP contribution in [0.4, 0.5) is 0 Å². The second-order valence-electron chi connectivity index (χ2n) is 9.07. The van der Waals surface area contributed by atoms with Gasteiger partial charge in [0.1, 0.15) is 24.2 Å². The first-order valence-electron chi connectivity index (χ1n) is 11.7. The zero-order chi connectivity index (χ0) is 24.9. The van der Waals surface area contributed by atoms with E-state index < -0.39 is 15.9 Å². The van der Waals surface area contributed by atoms with Crippen molar-refractivity contribution < 1.29 is 22.7 Å². The summed E-state index contributed by atoms with van der Waals surface area (Å²) in [6, 6.07) is 10.4. The van der Waals surface area contributed by atoms with E-state index >= 15 is 0 Å². The Labute approximate surface area is 212 Å². The highest BCUT2D eigenvalue weighted by Crippen LogP contribution is 2.36. The first kappa shape index (κ1) is 23.3. The van der Waals surface area contributed by atoms with E-state index in [-0.39, 0.29) is 23.9 Å². The fourth-order valence-electron chi connectivity index (χ4n) is 5.07. The second kappa shape index (κ2) is 9.11. The molecule has 1 amide bonds. The second-order valence-corrected chi connectivity index (χ2v) is 11.5. The highest BCUT2D eigenvalue weighted by Gasteiger charge is 2.39. The first-order valence-corrected chi connectivity index (χ1v) is 13.9. The summed E-state index contributed by atoms with van der Waals surface area (Å²) in [7, 11) is -1.89. The summed E-state index contributed by atoms with van der Waals surface area (Å²) in [6.07, 6.45) is 0. The van der Waals surface area contributed by atoms with E-state index in [0.717, 1.165) is 39.5 Å². The number of nitrogens with zero attached hydrogens (tertiary/aromatic N) is 4. The highest BCUT2D eigenvalue weighted by molar-refractivity contribution is 7.89. The van der Waals surface area contributed by atoms with E-state index in [9.17, 15) is 13.2 Å². The number of hydrogen-bond acceptors (Lipinski definition) is 9. The van der Waals surface area contributed by atoms with Crippen LogP contribution in [0, 0.1) is 0 Å². The number of carbonyl (C=O) groups is 1. The van der Waals surface area contributed by atoms with Gasteiger partial charge in [-0.1, -0.05) is 12.1 Å². The lowest BCUT2D eigenvalue weighted by Crippen LogP contribution is -2.40. The van der Waals surface area contributed by atoms with E-state index in [1.165, 1.54) is 10.4 Å². The van der Waals surface area contributed by atoms with Gasteiger partial charge in [0.25, 0.3) is 0 Å². The maximum Gasteiger partial charge on any atom is 0.243 e. The molecule has 1 atom stereocenters. The highest BCUT2D eigenvalue weighted by atomic mass is 32.2. The Bertz CT molecular complexity index is 1470. The number of carbonyl (C=O) groups excluding carboxylic acids is 1. The van der Waals surface area contributed by atoms with Gasteiger partial charge < -0.3 is 19.7 Å². The molecule has 12 heteroatoms. The molecule has 2 aromatic carbocycles. The van der Waals surface area contributed by atoms with E-state index in [1.54, 1.807) is 12.1 Å². The summed E-state index contributed by atoms with van der Waals surface area (Å²) >= 11 is 1.14. The minimum absolute atomic E-state index is 0.000457. The summed E-state index contributed by atoms with van der Waals surface area (Å²) in [6.45, 7) is 2.71. The minimum atomic E-state index is -3.71. The van der Waals surface area contributed by atoms with Crippen LogP contribution in [0.15, 0.2) is 52.4 Å². The van der Waals surface area contributed by atoms with Crippen molar-refractivity contribution in [3.8, 4) is 11.5 Å². The molecule has 0 saturated heterocycles. The van der Waals surface area contributed by atoms with Crippen LogP contribution in [-0.4, -0.2) is 85.3 Å². The molecule has 0 aliphatic carbocycles. The molecule has 0 fully saturated rings. The van der Waals surface area contributed by atoms with E-state index in [4.69, 9.17) is 9.47 Å². The fourth-order valence-corrected chi connectivity index (χ4v) is 7.07. The van der Waals surface area contributed by atoms with Crippen LogP contribution in [0.5, 0.6) is 11.5 Å². The van der Waals surface area contributed by atoms with Crippen LogP contribution in [-0.2, 0) is 14.8 Å². The number of sulfonamides is 1. The van der Waals surface area contributed by atoms with Crippen molar-refractivity contribution in [3.63, 3.8) is 0 Å². The first-order chi connectivity index (χ1) is 17.5. The standard InChI is InChI=1S/C24H25N5O5S2/c1-25-10-19(18-3-2-4-20-23(18)27-35-26-20)24(30)28-11-15-13-29(14-16(15)12-28)36(31,32)17-5-6-21-22(9-17)34-8-7-33-21/h2-6,9,19,25H,7-8,10-14H2,1H3. The molecule has 1 N–H and O–H groups in total. The third-order valence-corrected chi connectivity index (χ3v) is 9.19. The summed E-state index contributed by atoms with van der Waals surface area (Å²) < 4.78 is 48.0. The van der Waals surface area contributed by atoms with Crippen LogP contribution in [0.1, 0.15) is 11.5 Å². The molecule has 0 radical (unpaired) electrons. The Hall–Kier alpha value is -3.06. The third-order valence-electron chi connectivity index (χ3n) is 6.86. The Balaban J connectivity index is 1.17. The maximum absolute atomic E-state index is 13.6. The topological polar surface area (TPSA) is 114 Å². The maximum atomic E-state index is 13.6. The molecule has 10 nitrogen and oxygen atoms in total.